The van der Waals surface area contributed by atoms with E-state index in [1.807, 2.05) is 13.8 Å². The van der Waals surface area contributed by atoms with Crippen LogP contribution in [0.25, 0.3) is 0 Å². The molecule has 7 nitrogen and oxygen atoms in total. The molecule has 0 spiro atoms. The summed E-state index contributed by atoms with van der Waals surface area (Å²) in [6, 6.07) is 6.32. The van der Waals surface area contributed by atoms with Gasteiger partial charge in [-0.25, -0.2) is 9.59 Å². The number of carbonyl (C=O) groups excluding carboxylic acids is 3. The molecule has 0 aliphatic heterocycles. The van der Waals surface area contributed by atoms with Crippen molar-refractivity contribution in [2.45, 2.75) is 65.2 Å². The van der Waals surface area contributed by atoms with E-state index in [1.54, 1.807) is 24.3 Å². The second-order valence-corrected chi connectivity index (χ2v) is 7.52. The highest BCUT2D eigenvalue weighted by atomic mass is 16.5. The number of esters is 1. The molecule has 154 valence electrons. The Labute approximate surface area is 166 Å². The first-order chi connectivity index (χ1) is 13.3. The number of carbonyl (C=O) groups is 3. The van der Waals surface area contributed by atoms with Crippen molar-refractivity contribution in [3.05, 3.63) is 35.4 Å². The molecule has 28 heavy (non-hydrogen) atoms. The lowest BCUT2D eigenvalue weighted by Gasteiger charge is -2.29. The second kappa shape index (κ2) is 10.8. The van der Waals surface area contributed by atoms with Crippen LogP contribution < -0.4 is 10.6 Å². The van der Waals surface area contributed by atoms with Gasteiger partial charge in [0.1, 0.15) is 0 Å². The highest BCUT2D eigenvalue weighted by Crippen LogP contribution is 2.23. The summed E-state index contributed by atoms with van der Waals surface area (Å²) in [5.41, 5.74) is 1.28. The molecule has 2 atom stereocenters. The maximum atomic E-state index is 12.0. The molecule has 1 aliphatic rings. The fraction of sp³-hybridized carbons (Fsp3) is 0.571. The van der Waals surface area contributed by atoms with Crippen molar-refractivity contribution >= 4 is 17.9 Å². The normalized spacial score (nSPS) is 19.1. The molecule has 0 bridgehead atoms. The zero-order chi connectivity index (χ0) is 20.5. The van der Waals surface area contributed by atoms with Gasteiger partial charge < -0.3 is 14.8 Å². The number of amides is 3. The largest absolute Gasteiger partial charge is 0.452 e. The van der Waals surface area contributed by atoms with E-state index in [-0.39, 0.29) is 12.1 Å². The third-order valence-electron chi connectivity index (χ3n) is 4.79. The van der Waals surface area contributed by atoms with Gasteiger partial charge in [0.25, 0.3) is 5.91 Å². The van der Waals surface area contributed by atoms with Gasteiger partial charge >= 0.3 is 12.0 Å². The summed E-state index contributed by atoms with van der Waals surface area (Å²) in [6.07, 6.45) is 4.35. The number of benzene rings is 1. The van der Waals surface area contributed by atoms with Gasteiger partial charge in [-0.15, -0.1) is 0 Å². The molecule has 2 N–H and O–H groups in total. The minimum atomic E-state index is -0.656. The summed E-state index contributed by atoms with van der Waals surface area (Å²) in [7, 11) is 0. The fourth-order valence-electron chi connectivity index (χ4n) is 3.11. The number of nitrogens with one attached hydrogen (secondary N) is 2. The molecule has 1 saturated carbocycles. The van der Waals surface area contributed by atoms with Gasteiger partial charge in [0, 0.05) is 6.04 Å². The smallest absolute Gasteiger partial charge is 0.338 e. The van der Waals surface area contributed by atoms with Gasteiger partial charge in [0.2, 0.25) is 0 Å². The average molecular weight is 390 g/mol. The lowest BCUT2D eigenvalue weighted by Crippen LogP contribution is -2.48. The summed E-state index contributed by atoms with van der Waals surface area (Å²) in [5.74, 6) is -0.884. The van der Waals surface area contributed by atoms with Gasteiger partial charge in [0.15, 0.2) is 6.61 Å². The van der Waals surface area contributed by atoms with Crippen LogP contribution in [0.15, 0.2) is 24.3 Å². The molecule has 0 radical (unpaired) electrons. The highest BCUT2D eigenvalue weighted by molar-refractivity contribution is 5.97. The number of hydrogen-bond acceptors (Lipinski definition) is 5. The Bertz CT molecular complexity index is 672. The van der Waals surface area contributed by atoms with E-state index in [9.17, 15) is 14.4 Å². The van der Waals surface area contributed by atoms with E-state index in [2.05, 4.69) is 17.6 Å². The van der Waals surface area contributed by atoms with Crippen LogP contribution in [-0.2, 0) is 20.9 Å². The van der Waals surface area contributed by atoms with Crippen LogP contribution in [0.5, 0.6) is 0 Å². The van der Waals surface area contributed by atoms with Crippen molar-refractivity contribution in [3.63, 3.8) is 0 Å². The maximum absolute atomic E-state index is 12.0. The monoisotopic (exact) mass is 390 g/mol. The quantitative estimate of drug-likeness (QED) is 0.698. The van der Waals surface area contributed by atoms with E-state index in [0.29, 0.717) is 18.1 Å². The van der Waals surface area contributed by atoms with E-state index >= 15 is 0 Å². The van der Waals surface area contributed by atoms with Crippen LogP contribution >= 0.6 is 0 Å². The Morgan fingerprint density at radius 1 is 1.11 bits per heavy atom. The van der Waals surface area contributed by atoms with Gasteiger partial charge in [-0.3, -0.25) is 10.1 Å². The lowest BCUT2D eigenvalue weighted by atomic mass is 9.86. The molecule has 0 unspecified atom stereocenters. The molecule has 0 saturated heterocycles. The SMILES string of the molecule is CC(C)OCc1ccc(C(=O)OCC(=O)NC(=O)N[C@@H]2CCCC[C@@H]2C)cc1. The molecule has 1 aromatic rings. The highest BCUT2D eigenvalue weighted by Gasteiger charge is 2.23. The van der Waals surface area contributed by atoms with Crippen molar-refractivity contribution in [1.29, 1.82) is 0 Å². The second-order valence-electron chi connectivity index (χ2n) is 7.52. The Kier molecular flexibility index (Phi) is 8.44. The molecular formula is C21H30N2O5. The fourth-order valence-corrected chi connectivity index (χ4v) is 3.11. The van der Waals surface area contributed by atoms with Crippen molar-refractivity contribution in [3.8, 4) is 0 Å². The Morgan fingerprint density at radius 3 is 2.43 bits per heavy atom. The molecular weight excluding hydrogens is 360 g/mol. The van der Waals surface area contributed by atoms with Gasteiger partial charge in [0.05, 0.1) is 18.3 Å². The van der Waals surface area contributed by atoms with Crippen molar-refractivity contribution < 1.29 is 23.9 Å². The van der Waals surface area contributed by atoms with Crippen LogP contribution in [-0.4, -0.2) is 36.7 Å². The molecule has 1 aliphatic carbocycles. The number of imide groups is 1. The van der Waals surface area contributed by atoms with Gasteiger partial charge in [-0.1, -0.05) is 31.9 Å². The van der Waals surface area contributed by atoms with Crippen molar-refractivity contribution in [2.24, 2.45) is 5.92 Å². The predicted molar refractivity (Wildman–Crippen MR) is 105 cm³/mol. The number of rotatable bonds is 7. The predicted octanol–water partition coefficient (Wildman–Crippen LogP) is 3.17. The molecule has 0 heterocycles. The molecule has 7 heteroatoms. The summed E-state index contributed by atoms with van der Waals surface area (Å²) in [4.78, 5) is 35.8. The zero-order valence-corrected chi connectivity index (χ0v) is 16.8. The van der Waals surface area contributed by atoms with Crippen LogP contribution in [0.1, 0.15) is 62.4 Å². The number of urea groups is 1. The molecule has 1 fully saturated rings. The third-order valence-corrected chi connectivity index (χ3v) is 4.79. The van der Waals surface area contributed by atoms with E-state index in [1.165, 1.54) is 6.42 Å². The lowest BCUT2D eigenvalue weighted by molar-refractivity contribution is -0.123. The summed E-state index contributed by atoms with van der Waals surface area (Å²) in [6.45, 7) is 5.95. The Morgan fingerprint density at radius 2 is 1.79 bits per heavy atom. The summed E-state index contributed by atoms with van der Waals surface area (Å²) >= 11 is 0. The van der Waals surface area contributed by atoms with Crippen molar-refractivity contribution in [2.75, 3.05) is 6.61 Å². The minimum absolute atomic E-state index is 0.0716. The summed E-state index contributed by atoms with van der Waals surface area (Å²) in [5, 5.41) is 5.03. The number of hydrogen-bond donors (Lipinski definition) is 2. The van der Waals surface area contributed by atoms with E-state index in [4.69, 9.17) is 9.47 Å². The average Bonchev–Trinajstić information content (AvgIpc) is 2.66. The van der Waals surface area contributed by atoms with Gasteiger partial charge in [-0.2, -0.15) is 0 Å². The summed E-state index contributed by atoms with van der Waals surface area (Å²) < 4.78 is 10.5. The van der Waals surface area contributed by atoms with Crippen molar-refractivity contribution in [1.82, 2.24) is 10.6 Å². The molecule has 2 rings (SSSR count). The Hall–Kier alpha value is -2.41. The van der Waals surface area contributed by atoms with E-state index < -0.39 is 24.5 Å². The molecule has 1 aromatic carbocycles. The maximum Gasteiger partial charge on any atom is 0.338 e. The first-order valence-corrected chi connectivity index (χ1v) is 9.83. The zero-order valence-electron chi connectivity index (χ0n) is 16.8. The van der Waals surface area contributed by atoms with Crippen LogP contribution in [0.2, 0.25) is 0 Å². The van der Waals surface area contributed by atoms with Crippen LogP contribution in [0.4, 0.5) is 4.79 Å². The molecule has 0 aromatic heterocycles. The van der Waals surface area contributed by atoms with Crippen LogP contribution in [0, 0.1) is 5.92 Å². The van der Waals surface area contributed by atoms with Gasteiger partial charge in [-0.05, 0) is 50.3 Å². The van der Waals surface area contributed by atoms with E-state index in [0.717, 1.165) is 24.8 Å². The standard InChI is InChI=1S/C21H30N2O5/c1-14(2)27-12-16-8-10-17(11-9-16)20(25)28-13-19(24)23-21(26)22-18-7-5-4-6-15(18)3/h8-11,14-15,18H,4-7,12-13H2,1-3H3,(H2,22,23,24,26)/t15-,18+/m0/s1. The number of ether oxygens (including phenoxy) is 2. The first kappa shape index (κ1) is 21.9. The van der Waals surface area contributed by atoms with Crippen LogP contribution in [0.3, 0.4) is 0 Å². The molecule has 3 amide bonds. The first-order valence-electron chi connectivity index (χ1n) is 9.83. The minimum Gasteiger partial charge on any atom is -0.452 e. The third kappa shape index (κ3) is 7.31. The Balaban J connectivity index is 1.72. The topological polar surface area (TPSA) is 93.7 Å².